The number of nitrogens with two attached hydrogens (primary N) is 1. The van der Waals surface area contributed by atoms with Crippen LogP contribution in [0.5, 0.6) is 0 Å². The van der Waals surface area contributed by atoms with Crippen LogP contribution in [0.3, 0.4) is 0 Å². The van der Waals surface area contributed by atoms with Crippen molar-refractivity contribution in [1.82, 2.24) is 10.2 Å². The Morgan fingerprint density at radius 3 is 2.36 bits per heavy atom. The van der Waals surface area contributed by atoms with Crippen LogP contribution in [0.25, 0.3) is 0 Å². The van der Waals surface area contributed by atoms with Crippen molar-refractivity contribution in [2.24, 2.45) is 16.6 Å². The Hall–Kier alpha value is -1.35. The summed E-state index contributed by atoms with van der Waals surface area (Å²) in [5.74, 6) is 1.09. The first-order valence-corrected chi connectivity index (χ1v) is 9.94. The van der Waals surface area contributed by atoms with Gasteiger partial charge in [0.15, 0.2) is 5.96 Å². The zero-order chi connectivity index (χ0) is 19.9. The highest BCUT2D eigenvalue weighted by atomic mass is 127. The van der Waals surface area contributed by atoms with Gasteiger partial charge in [-0.3, -0.25) is 14.7 Å². The van der Waals surface area contributed by atoms with E-state index in [0.717, 1.165) is 44.6 Å². The van der Waals surface area contributed by atoms with Crippen LogP contribution in [-0.2, 0) is 11.2 Å². The number of likely N-dealkylation sites (tertiary alicyclic amines) is 1. The van der Waals surface area contributed by atoms with Crippen molar-refractivity contribution in [2.45, 2.75) is 52.5 Å². The maximum absolute atomic E-state index is 12.0. The fourth-order valence-corrected chi connectivity index (χ4v) is 3.23. The molecule has 0 spiro atoms. The number of hydrogen-bond donors (Lipinski definition) is 3. The lowest BCUT2D eigenvalue weighted by molar-refractivity contribution is -0.124. The van der Waals surface area contributed by atoms with E-state index in [0.29, 0.717) is 18.4 Å². The molecular formula is C21H36IN5O. The van der Waals surface area contributed by atoms with Crippen molar-refractivity contribution in [3.05, 3.63) is 29.8 Å². The van der Waals surface area contributed by atoms with Gasteiger partial charge in [0.1, 0.15) is 0 Å². The number of nitrogens with one attached hydrogen (secondary N) is 2. The molecule has 0 aliphatic carbocycles. The molecule has 0 saturated carbocycles. The summed E-state index contributed by atoms with van der Waals surface area (Å²) in [6.07, 6.45) is 3.12. The molecule has 7 heteroatoms. The van der Waals surface area contributed by atoms with Crippen molar-refractivity contribution in [1.29, 1.82) is 0 Å². The molecule has 0 unspecified atom stereocenters. The van der Waals surface area contributed by atoms with E-state index in [1.54, 1.807) is 0 Å². The fourth-order valence-electron chi connectivity index (χ4n) is 3.23. The van der Waals surface area contributed by atoms with E-state index < -0.39 is 0 Å². The lowest BCUT2D eigenvalue weighted by atomic mass is 9.97. The van der Waals surface area contributed by atoms with Crippen LogP contribution < -0.4 is 16.4 Å². The minimum Gasteiger partial charge on any atom is -0.370 e. The molecule has 0 bridgehead atoms. The summed E-state index contributed by atoms with van der Waals surface area (Å²) in [6, 6.07) is 8.26. The van der Waals surface area contributed by atoms with Crippen molar-refractivity contribution in [2.75, 3.05) is 31.5 Å². The van der Waals surface area contributed by atoms with Crippen LogP contribution in [0.1, 0.15) is 46.1 Å². The molecule has 1 amide bonds. The van der Waals surface area contributed by atoms with Crippen LogP contribution >= 0.6 is 24.0 Å². The zero-order valence-corrected chi connectivity index (χ0v) is 20.0. The third kappa shape index (κ3) is 9.23. The summed E-state index contributed by atoms with van der Waals surface area (Å²) in [4.78, 5) is 18.8. The number of hydrogen-bond acceptors (Lipinski definition) is 3. The van der Waals surface area contributed by atoms with Crippen LogP contribution in [0.2, 0.25) is 0 Å². The van der Waals surface area contributed by atoms with Crippen molar-refractivity contribution < 1.29 is 4.79 Å². The Morgan fingerprint density at radius 2 is 1.82 bits per heavy atom. The number of rotatable bonds is 6. The van der Waals surface area contributed by atoms with E-state index in [9.17, 15) is 4.79 Å². The molecule has 1 heterocycles. The largest absolute Gasteiger partial charge is 0.370 e. The summed E-state index contributed by atoms with van der Waals surface area (Å²) in [6.45, 7) is 11.2. The highest BCUT2D eigenvalue weighted by molar-refractivity contribution is 14.0. The van der Waals surface area contributed by atoms with Gasteiger partial charge < -0.3 is 16.4 Å². The Morgan fingerprint density at radius 1 is 1.21 bits per heavy atom. The fraction of sp³-hybridized carbons (Fsp3) is 0.619. The van der Waals surface area contributed by atoms with Crippen molar-refractivity contribution in [3.63, 3.8) is 0 Å². The molecule has 0 atom stereocenters. The molecule has 4 N–H and O–H groups in total. The molecule has 1 saturated heterocycles. The summed E-state index contributed by atoms with van der Waals surface area (Å²) in [7, 11) is 0. The third-order valence-electron chi connectivity index (χ3n) is 4.74. The molecule has 2 rings (SSSR count). The molecule has 1 fully saturated rings. The number of carbonyl (C=O) groups excluding carboxylic acids is 1. The maximum Gasteiger partial charge on any atom is 0.234 e. The number of aliphatic imine (C=N–C) groups is 1. The number of halogens is 1. The number of anilines is 1. The Bertz CT molecular complexity index is 631. The topological polar surface area (TPSA) is 82.8 Å². The molecule has 0 aromatic heterocycles. The lowest BCUT2D eigenvalue weighted by Crippen LogP contribution is -2.47. The predicted molar refractivity (Wildman–Crippen MR) is 128 cm³/mol. The first-order chi connectivity index (χ1) is 12.7. The third-order valence-corrected chi connectivity index (χ3v) is 4.74. The van der Waals surface area contributed by atoms with Gasteiger partial charge >= 0.3 is 0 Å². The van der Waals surface area contributed by atoms with Crippen molar-refractivity contribution >= 4 is 41.5 Å². The van der Waals surface area contributed by atoms with Gasteiger partial charge in [0, 0.05) is 17.8 Å². The molecule has 1 aliphatic rings. The van der Waals surface area contributed by atoms with Gasteiger partial charge in [-0.2, -0.15) is 0 Å². The summed E-state index contributed by atoms with van der Waals surface area (Å²) in [5.41, 5.74) is 8.12. The molecule has 28 heavy (non-hydrogen) atoms. The first-order valence-electron chi connectivity index (χ1n) is 9.94. The molecule has 1 aromatic rings. The normalized spacial score (nSPS) is 16.4. The number of aryl methyl sites for hydroxylation is 1. The second-order valence-corrected chi connectivity index (χ2v) is 8.42. The second kappa shape index (κ2) is 11.6. The summed E-state index contributed by atoms with van der Waals surface area (Å²) < 4.78 is 0. The molecule has 1 aromatic carbocycles. The average molecular weight is 501 g/mol. The first kappa shape index (κ1) is 24.7. The van der Waals surface area contributed by atoms with Crippen molar-refractivity contribution in [3.8, 4) is 0 Å². The van der Waals surface area contributed by atoms with E-state index in [2.05, 4.69) is 39.6 Å². The van der Waals surface area contributed by atoms with Gasteiger partial charge in [-0.1, -0.05) is 19.1 Å². The second-order valence-electron chi connectivity index (χ2n) is 8.42. The summed E-state index contributed by atoms with van der Waals surface area (Å²) in [5, 5.41) is 6.17. The SMILES string of the molecule is CCc1ccc(NC(N)=NCC2CCN(CC(=O)NC(C)(C)C)CC2)cc1.I. The van der Waals surface area contributed by atoms with E-state index in [1.165, 1.54) is 5.56 Å². The maximum atomic E-state index is 12.0. The smallest absolute Gasteiger partial charge is 0.234 e. The van der Waals surface area contributed by atoms with Crippen LogP contribution in [-0.4, -0.2) is 48.5 Å². The summed E-state index contributed by atoms with van der Waals surface area (Å²) >= 11 is 0. The van der Waals surface area contributed by atoms with Gasteiger partial charge in [0.2, 0.25) is 5.91 Å². The molecule has 1 aliphatic heterocycles. The van der Waals surface area contributed by atoms with Gasteiger partial charge in [-0.15, -0.1) is 24.0 Å². The lowest BCUT2D eigenvalue weighted by Gasteiger charge is -2.31. The van der Waals surface area contributed by atoms with Gasteiger partial charge in [-0.25, -0.2) is 0 Å². The molecule has 0 radical (unpaired) electrons. The molecular weight excluding hydrogens is 465 g/mol. The monoisotopic (exact) mass is 501 g/mol. The standard InChI is InChI=1S/C21H35N5O.HI/c1-5-16-6-8-18(9-7-16)24-20(22)23-14-17-10-12-26(13-11-17)15-19(27)25-21(2,3)4;/h6-9,17H,5,10-15H2,1-4H3,(H,25,27)(H3,22,23,24);1H. The predicted octanol–water partition coefficient (Wildman–Crippen LogP) is 3.22. The minimum atomic E-state index is -0.175. The average Bonchev–Trinajstić information content (AvgIpc) is 2.60. The number of nitrogens with zero attached hydrogens (tertiary/aromatic N) is 2. The highest BCUT2D eigenvalue weighted by Crippen LogP contribution is 2.17. The van der Waals surface area contributed by atoms with E-state index in [-0.39, 0.29) is 35.4 Å². The van der Waals surface area contributed by atoms with E-state index >= 15 is 0 Å². The number of piperidine rings is 1. The van der Waals surface area contributed by atoms with Crippen LogP contribution in [0, 0.1) is 5.92 Å². The van der Waals surface area contributed by atoms with Gasteiger partial charge in [0.25, 0.3) is 0 Å². The minimum absolute atomic E-state index is 0. The Labute approximate surface area is 186 Å². The van der Waals surface area contributed by atoms with E-state index in [1.807, 2.05) is 32.9 Å². The van der Waals surface area contributed by atoms with E-state index in [4.69, 9.17) is 5.73 Å². The number of guanidine groups is 1. The number of amides is 1. The number of benzene rings is 1. The Balaban J connectivity index is 0.00000392. The van der Waals surface area contributed by atoms with Gasteiger partial charge in [-0.05, 0) is 76.7 Å². The molecule has 6 nitrogen and oxygen atoms in total. The van der Waals surface area contributed by atoms with Crippen LogP contribution in [0.4, 0.5) is 5.69 Å². The van der Waals surface area contributed by atoms with Crippen LogP contribution in [0.15, 0.2) is 29.3 Å². The molecule has 158 valence electrons. The zero-order valence-electron chi connectivity index (χ0n) is 17.6. The quantitative estimate of drug-likeness (QED) is 0.318. The Kier molecular flexibility index (Phi) is 10.2. The number of carbonyl (C=O) groups is 1. The highest BCUT2D eigenvalue weighted by Gasteiger charge is 2.22. The van der Waals surface area contributed by atoms with Gasteiger partial charge in [0.05, 0.1) is 6.54 Å².